The van der Waals surface area contributed by atoms with Crippen LogP contribution in [0.5, 0.6) is 11.5 Å². The van der Waals surface area contributed by atoms with Gasteiger partial charge in [0.25, 0.3) is 0 Å². The van der Waals surface area contributed by atoms with Crippen molar-refractivity contribution < 1.29 is 9.47 Å². The molecule has 0 radical (unpaired) electrons. The monoisotopic (exact) mass is 339 g/mol. The maximum absolute atomic E-state index is 5.75. The Kier molecular flexibility index (Phi) is 3.80. The Morgan fingerprint density at radius 3 is 2.50 bits per heavy atom. The predicted molar refractivity (Wildman–Crippen MR) is 89.2 cm³/mol. The molecular formula is C16H13N5O2S. The van der Waals surface area contributed by atoms with Crippen LogP contribution in [0.3, 0.4) is 0 Å². The Balaban J connectivity index is 1.55. The van der Waals surface area contributed by atoms with E-state index < -0.39 is 0 Å². The summed E-state index contributed by atoms with van der Waals surface area (Å²) in [5, 5.41) is 13.7. The Morgan fingerprint density at radius 1 is 1.00 bits per heavy atom. The zero-order valence-corrected chi connectivity index (χ0v) is 13.6. The zero-order chi connectivity index (χ0) is 16.4. The van der Waals surface area contributed by atoms with Crippen molar-refractivity contribution in [1.82, 2.24) is 24.8 Å². The van der Waals surface area contributed by atoms with Crippen LogP contribution in [-0.4, -0.2) is 31.9 Å². The van der Waals surface area contributed by atoms with E-state index in [1.807, 2.05) is 36.4 Å². The molecule has 0 saturated carbocycles. The second-order valence-electron chi connectivity index (χ2n) is 4.92. The number of hydrogen-bond acceptors (Lipinski definition) is 7. The van der Waals surface area contributed by atoms with Crippen molar-refractivity contribution in [3.8, 4) is 22.1 Å². The van der Waals surface area contributed by atoms with Gasteiger partial charge >= 0.3 is 0 Å². The third-order valence-corrected chi connectivity index (χ3v) is 4.36. The van der Waals surface area contributed by atoms with Crippen LogP contribution in [0, 0.1) is 0 Å². The van der Waals surface area contributed by atoms with E-state index >= 15 is 0 Å². The van der Waals surface area contributed by atoms with Crippen molar-refractivity contribution in [2.75, 3.05) is 7.11 Å². The lowest BCUT2D eigenvalue weighted by molar-refractivity contribution is 0.292. The van der Waals surface area contributed by atoms with Crippen molar-refractivity contribution in [3.63, 3.8) is 0 Å². The highest BCUT2D eigenvalue weighted by atomic mass is 32.1. The predicted octanol–water partition coefficient (Wildman–Crippen LogP) is 2.84. The van der Waals surface area contributed by atoms with Gasteiger partial charge in [0.15, 0.2) is 5.82 Å². The van der Waals surface area contributed by atoms with Gasteiger partial charge in [-0.3, -0.25) is 4.98 Å². The second kappa shape index (κ2) is 6.25. The number of fused-ring (bicyclic) bond motifs is 1. The molecule has 0 atom stereocenters. The van der Waals surface area contributed by atoms with Gasteiger partial charge in [-0.2, -0.15) is 9.61 Å². The Labute approximate surface area is 141 Å². The normalized spacial score (nSPS) is 10.9. The number of benzene rings is 1. The molecule has 0 N–H and O–H groups in total. The van der Waals surface area contributed by atoms with Crippen molar-refractivity contribution in [1.29, 1.82) is 0 Å². The van der Waals surface area contributed by atoms with Gasteiger partial charge < -0.3 is 9.47 Å². The van der Waals surface area contributed by atoms with Gasteiger partial charge in [-0.1, -0.05) is 11.3 Å². The maximum Gasteiger partial charge on any atom is 0.235 e. The Morgan fingerprint density at radius 2 is 1.75 bits per heavy atom. The van der Waals surface area contributed by atoms with E-state index in [2.05, 4.69) is 20.3 Å². The van der Waals surface area contributed by atoms with Crippen LogP contribution < -0.4 is 9.47 Å². The maximum atomic E-state index is 5.75. The lowest BCUT2D eigenvalue weighted by Crippen LogP contribution is -2.02. The van der Waals surface area contributed by atoms with Crippen LogP contribution in [0.2, 0.25) is 0 Å². The number of rotatable bonds is 5. The number of hydrogen-bond donors (Lipinski definition) is 0. The lowest BCUT2D eigenvalue weighted by atomic mass is 10.3. The van der Waals surface area contributed by atoms with Gasteiger partial charge in [0.1, 0.15) is 23.1 Å². The third-order valence-electron chi connectivity index (χ3n) is 3.41. The van der Waals surface area contributed by atoms with Crippen molar-refractivity contribution in [3.05, 3.63) is 54.6 Å². The fourth-order valence-corrected chi connectivity index (χ4v) is 3.04. The fraction of sp³-hybridized carbons (Fsp3) is 0.125. The van der Waals surface area contributed by atoms with Gasteiger partial charge in [0.2, 0.25) is 4.96 Å². The molecule has 0 bridgehead atoms. The molecule has 0 spiro atoms. The smallest absolute Gasteiger partial charge is 0.235 e. The van der Waals surface area contributed by atoms with Crippen LogP contribution in [0.25, 0.3) is 15.5 Å². The molecule has 0 fully saturated rings. The second-order valence-corrected chi connectivity index (χ2v) is 5.87. The summed E-state index contributed by atoms with van der Waals surface area (Å²) in [6.07, 6.45) is 3.48. The van der Waals surface area contributed by atoms with Crippen LogP contribution in [-0.2, 0) is 6.61 Å². The molecule has 4 aromatic rings. The average Bonchev–Trinajstić information content (AvgIpc) is 3.22. The summed E-state index contributed by atoms with van der Waals surface area (Å²) in [4.78, 5) is 4.75. The summed E-state index contributed by atoms with van der Waals surface area (Å²) in [7, 11) is 1.63. The molecule has 4 rings (SSSR count). The van der Waals surface area contributed by atoms with E-state index in [1.165, 1.54) is 11.3 Å². The van der Waals surface area contributed by atoms with E-state index in [0.29, 0.717) is 5.82 Å². The van der Waals surface area contributed by atoms with Gasteiger partial charge in [-0.15, -0.1) is 10.2 Å². The summed E-state index contributed by atoms with van der Waals surface area (Å²) in [5.74, 6) is 2.17. The fourth-order valence-electron chi connectivity index (χ4n) is 2.18. The molecule has 0 aliphatic heterocycles. The molecule has 0 saturated heterocycles. The van der Waals surface area contributed by atoms with Gasteiger partial charge in [0.05, 0.1) is 7.11 Å². The highest BCUT2D eigenvalue weighted by Crippen LogP contribution is 2.25. The SMILES string of the molecule is COc1ccc(OCc2nnc3sc(-c4ccncc4)nn23)cc1. The first-order chi connectivity index (χ1) is 11.8. The topological polar surface area (TPSA) is 74.4 Å². The highest BCUT2D eigenvalue weighted by molar-refractivity contribution is 7.19. The number of ether oxygens (including phenoxy) is 2. The first-order valence-electron chi connectivity index (χ1n) is 7.22. The van der Waals surface area contributed by atoms with E-state index in [0.717, 1.165) is 27.0 Å². The first-order valence-corrected chi connectivity index (χ1v) is 8.03. The lowest BCUT2D eigenvalue weighted by Gasteiger charge is -2.05. The zero-order valence-electron chi connectivity index (χ0n) is 12.8. The molecule has 7 nitrogen and oxygen atoms in total. The largest absolute Gasteiger partial charge is 0.497 e. The van der Waals surface area contributed by atoms with Crippen LogP contribution in [0.1, 0.15) is 5.82 Å². The van der Waals surface area contributed by atoms with E-state index in [9.17, 15) is 0 Å². The summed E-state index contributed by atoms with van der Waals surface area (Å²) in [6, 6.07) is 11.2. The van der Waals surface area contributed by atoms with Crippen molar-refractivity contribution in [2.24, 2.45) is 0 Å². The van der Waals surface area contributed by atoms with Gasteiger partial charge in [-0.05, 0) is 36.4 Å². The number of methoxy groups -OCH3 is 1. The minimum atomic E-state index is 0.285. The molecule has 0 aliphatic carbocycles. The van der Waals surface area contributed by atoms with E-state index in [1.54, 1.807) is 24.0 Å². The molecule has 3 aromatic heterocycles. The molecule has 24 heavy (non-hydrogen) atoms. The van der Waals surface area contributed by atoms with Crippen LogP contribution in [0.4, 0.5) is 0 Å². The van der Waals surface area contributed by atoms with Crippen LogP contribution >= 0.6 is 11.3 Å². The standard InChI is InChI=1S/C16H13N5O2S/c1-22-12-2-4-13(5-3-12)23-10-14-18-19-16-21(14)20-15(24-16)11-6-8-17-9-7-11/h2-9H,10H2,1H3. The quantitative estimate of drug-likeness (QED) is 0.557. The van der Waals surface area contributed by atoms with Gasteiger partial charge in [0, 0.05) is 18.0 Å². The molecule has 1 aromatic carbocycles. The third kappa shape index (κ3) is 2.79. The first kappa shape index (κ1) is 14.6. The van der Waals surface area contributed by atoms with Crippen molar-refractivity contribution in [2.45, 2.75) is 6.61 Å². The molecule has 0 amide bonds. The molecule has 120 valence electrons. The molecule has 8 heteroatoms. The summed E-state index contributed by atoms with van der Waals surface area (Å²) in [5.41, 5.74) is 1.00. The minimum absolute atomic E-state index is 0.285. The molecular weight excluding hydrogens is 326 g/mol. The molecule has 0 aliphatic rings. The summed E-state index contributed by atoms with van der Waals surface area (Å²) in [6.45, 7) is 0.285. The van der Waals surface area contributed by atoms with E-state index in [4.69, 9.17) is 9.47 Å². The van der Waals surface area contributed by atoms with Gasteiger partial charge in [-0.25, -0.2) is 0 Å². The van der Waals surface area contributed by atoms with Crippen molar-refractivity contribution >= 4 is 16.3 Å². The van der Waals surface area contributed by atoms with Crippen LogP contribution in [0.15, 0.2) is 48.8 Å². The molecule has 0 unspecified atom stereocenters. The molecule has 3 heterocycles. The van der Waals surface area contributed by atoms with E-state index in [-0.39, 0.29) is 6.61 Å². The Bertz CT molecular complexity index is 950. The summed E-state index contributed by atoms with van der Waals surface area (Å²) < 4.78 is 12.6. The summed E-state index contributed by atoms with van der Waals surface area (Å²) >= 11 is 1.48. The number of pyridine rings is 1. The highest BCUT2D eigenvalue weighted by Gasteiger charge is 2.13. The minimum Gasteiger partial charge on any atom is -0.497 e. The Hall–Kier alpha value is -3.00. The number of aromatic nitrogens is 5. The average molecular weight is 339 g/mol. The number of nitrogens with zero attached hydrogens (tertiary/aromatic N) is 5.